The van der Waals surface area contributed by atoms with Crippen LogP contribution in [0.4, 0.5) is 0 Å². The largest absolute Gasteiger partial charge is 0.374 e. The SMILES string of the molecule is C#CCCC(=O)[C@H](Cc1ccccc1)NC(=O)[C@@H](N)COC(C)(C)C. The van der Waals surface area contributed by atoms with Crippen molar-refractivity contribution >= 4 is 11.7 Å². The number of amides is 1. The smallest absolute Gasteiger partial charge is 0.239 e. The molecule has 1 aromatic carbocycles. The van der Waals surface area contributed by atoms with E-state index in [1.54, 1.807) is 0 Å². The Hall–Kier alpha value is -2.16. The Morgan fingerprint density at radius 1 is 1.28 bits per heavy atom. The molecule has 0 aliphatic rings. The first-order chi connectivity index (χ1) is 11.7. The highest BCUT2D eigenvalue weighted by molar-refractivity contribution is 5.91. The highest BCUT2D eigenvalue weighted by Gasteiger charge is 2.24. The van der Waals surface area contributed by atoms with Crippen LogP contribution in [-0.2, 0) is 20.7 Å². The molecule has 1 rings (SSSR count). The molecule has 0 fully saturated rings. The van der Waals surface area contributed by atoms with Gasteiger partial charge in [0.2, 0.25) is 5.91 Å². The average Bonchev–Trinajstić information content (AvgIpc) is 2.57. The predicted molar refractivity (Wildman–Crippen MR) is 98.8 cm³/mol. The molecule has 1 aromatic rings. The Kier molecular flexibility index (Phi) is 8.33. The molecule has 0 unspecified atom stereocenters. The van der Waals surface area contributed by atoms with Crippen LogP contribution in [0.25, 0.3) is 0 Å². The Balaban J connectivity index is 2.73. The van der Waals surface area contributed by atoms with Gasteiger partial charge in [0.05, 0.1) is 18.2 Å². The summed E-state index contributed by atoms with van der Waals surface area (Å²) >= 11 is 0. The fraction of sp³-hybridized carbons (Fsp3) is 0.500. The number of benzene rings is 1. The van der Waals surface area contributed by atoms with Crippen LogP contribution in [0.15, 0.2) is 30.3 Å². The molecular formula is C20H28N2O3. The molecule has 0 bridgehead atoms. The van der Waals surface area contributed by atoms with Crippen molar-refractivity contribution in [3.63, 3.8) is 0 Å². The van der Waals surface area contributed by atoms with Gasteiger partial charge in [-0.2, -0.15) is 0 Å². The van der Waals surface area contributed by atoms with Crippen molar-refractivity contribution in [1.82, 2.24) is 5.32 Å². The molecule has 5 nitrogen and oxygen atoms in total. The first-order valence-corrected chi connectivity index (χ1v) is 8.43. The van der Waals surface area contributed by atoms with Gasteiger partial charge in [-0.25, -0.2) is 0 Å². The predicted octanol–water partition coefficient (Wildman–Crippen LogP) is 1.84. The molecule has 0 radical (unpaired) electrons. The minimum atomic E-state index is -0.835. The van der Waals surface area contributed by atoms with E-state index in [2.05, 4.69) is 11.2 Å². The highest BCUT2D eigenvalue weighted by Crippen LogP contribution is 2.09. The van der Waals surface area contributed by atoms with Crippen molar-refractivity contribution in [3.8, 4) is 12.3 Å². The third-order valence-electron chi connectivity index (χ3n) is 3.54. The molecule has 0 aliphatic carbocycles. The molecule has 136 valence electrons. The summed E-state index contributed by atoms with van der Waals surface area (Å²) in [6.45, 7) is 5.75. The molecule has 0 aliphatic heterocycles. The maximum atomic E-state index is 12.4. The van der Waals surface area contributed by atoms with Gasteiger partial charge < -0.3 is 15.8 Å². The second-order valence-corrected chi connectivity index (χ2v) is 6.95. The molecular weight excluding hydrogens is 316 g/mol. The number of nitrogens with one attached hydrogen (secondary N) is 1. The zero-order valence-corrected chi connectivity index (χ0v) is 15.2. The molecule has 0 spiro atoms. The first-order valence-electron chi connectivity index (χ1n) is 8.43. The van der Waals surface area contributed by atoms with E-state index in [1.165, 1.54) is 0 Å². The lowest BCUT2D eigenvalue weighted by Crippen LogP contribution is -2.51. The molecule has 25 heavy (non-hydrogen) atoms. The van der Waals surface area contributed by atoms with Crippen molar-refractivity contribution in [1.29, 1.82) is 0 Å². The summed E-state index contributed by atoms with van der Waals surface area (Å²) in [5.41, 5.74) is 6.46. The van der Waals surface area contributed by atoms with Gasteiger partial charge in [-0.1, -0.05) is 30.3 Å². The standard InChI is InChI=1S/C20H28N2O3/c1-5-6-12-18(23)17(13-15-10-8-7-9-11-15)22-19(24)16(21)14-25-20(2,3)4/h1,7-11,16-17H,6,12-14,21H2,2-4H3,(H,22,24)/t16-,17-/m0/s1. The molecule has 0 heterocycles. The lowest BCUT2D eigenvalue weighted by molar-refractivity contribution is -0.130. The molecule has 3 N–H and O–H groups in total. The summed E-state index contributed by atoms with van der Waals surface area (Å²) < 4.78 is 5.54. The summed E-state index contributed by atoms with van der Waals surface area (Å²) in [4.78, 5) is 24.7. The second kappa shape index (κ2) is 9.97. The van der Waals surface area contributed by atoms with Crippen LogP contribution in [0.3, 0.4) is 0 Å². The fourth-order valence-electron chi connectivity index (χ4n) is 2.16. The Labute approximate surface area is 150 Å². The van der Waals surface area contributed by atoms with Crippen LogP contribution < -0.4 is 11.1 Å². The molecule has 0 saturated carbocycles. The topological polar surface area (TPSA) is 81.4 Å². The number of nitrogens with two attached hydrogens (primary N) is 1. The van der Waals surface area contributed by atoms with Gasteiger partial charge in [0.25, 0.3) is 0 Å². The number of hydrogen-bond acceptors (Lipinski definition) is 4. The van der Waals surface area contributed by atoms with E-state index in [9.17, 15) is 9.59 Å². The number of carbonyl (C=O) groups is 2. The van der Waals surface area contributed by atoms with E-state index < -0.39 is 18.0 Å². The van der Waals surface area contributed by atoms with Gasteiger partial charge >= 0.3 is 0 Å². The Bertz CT molecular complexity index is 600. The lowest BCUT2D eigenvalue weighted by Gasteiger charge is -2.24. The highest BCUT2D eigenvalue weighted by atomic mass is 16.5. The van der Waals surface area contributed by atoms with Crippen LogP contribution in [-0.4, -0.2) is 36.0 Å². The Morgan fingerprint density at radius 3 is 2.48 bits per heavy atom. The van der Waals surface area contributed by atoms with Gasteiger partial charge in [0.15, 0.2) is 5.78 Å². The lowest BCUT2D eigenvalue weighted by atomic mass is 9.99. The number of ether oxygens (including phenoxy) is 1. The van der Waals surface area contributed by atoms with E-state index in [0.29, 0.717) is 12.8 Å². The van der Waals surface area contributed by atoms with E-state index in [1.807, 2.05) is 51.1 Å². The minimum absolute atomic E-state index is 0.0892. The zero-order chi connectivity index (χ0) is 18.9. The quantitative estimate of drug-likeness (QED) is 0.670. The summed E-state index contributed by atoms with van der Waals surface area (Å²) in [6, 6.07) is 8.03. The van der Waals surface area contributed by atoms with Crippen molar-refractivity contribution in [2.45, 2.75) is 57.7 Å². The van der Waals surface area contributed by atoms with Crippen LogP contribution in [0.1, 0.15) is 39.2 Å². The molecule has 2 atom stereocenters. The van der Waals surface area contributed by atoms with Gasteiger partial charge in [0.1, 0.15) is 6.04 Å². The maximum absolute atomic E-state index is 12.4. The van der Waals surface area contributed by atoms with Crippen molar-refractivity contribution in [2.24, 2.45) is 5.73 Å². The van der Waals surface area contributed by atoms with Crippen LogP contribution >= 0.6 is 0 Å². The molecule has 0 saturated heterocycles. The average molecular weight is 344 g/mol. The number of hydrogen-bond donors (Lipinski definition) is 2. The normalized spacial score (nSPS) is 13.6. The van der Waals surface area contributed by atoms with Crippen LogP contribution in [0.5, 0.6) is 0 Å². The van der Waals surface area contributed by atoms with Crippen LogP contribution in [0.2, 0.25) is 0 Å². The van der Waals surface area contributed by atoms with E-state index in [-0.39, 0.29) is 24.4 Å². The van der Waals surface area contributed by atoms with Crippen molar-refractivity contribution in [2.75, 3.05) is 6.61 Å². The summed E-state index contributed by atoms with van der Waals surface area (Å²) in [6.07, 6.45) is 6.21. The number of terminal acetylenes is 1. The van der Waals surface area contributed by atoms with Crippen molar-refractivity contribution < 1.29 is 14.3 Å². The summed E-state index contributed by atoms with van der Waals surface area (Å²) in [5, 5.41) is 2.75. The monoisotopic (exact) mass is 344 g/mol. The fourth-order valence-corrected chi connectivity index (χ4v) is 2.16. The van der Waals surface area contributed by atoms with Gasteiger partial charge in [-0.3, -0.25) is 9.59 Å². The number of ketones is 1. The number of rotatable bonds is 9. The van der Waals surface area contributed by atoms with Gasteiger partial charge in [-0.05, 0) is 32.8 Å². The molecule has 5 heteroatoms. The van der Waals surface area contributed by atoms with Crippen LogP contribution in [0, 0.1) is 12.3 Å². The maximum Gasteiger partial charge on any atom is 0.239 e. The van der Waals surface area contributed by atoms with Gasteiger partial charge in [0, 0.05) is 12.8 Å². The molecule has 1 amide bonds. The number of Topliss-reactive ketones (excluding diaryl/α,β-unsaturated/α-hetero) is 1. The second-order valence-electron chi connectivity index (χ2n) is 6.95. The summed E-state index contributed by atoms with van der Waals surface area (Å²) in [7, 11) is 0. The Morgan fingerprint density at radius 2 is 1.92 bits per heavy atom. The minimum Gasteiger partial charge on any atom is -0.374 e. The first kappa shape index (κ1) is 20.9. The zero-order valence-electron chi connectivity index (χ0n) is 15.2. The van der Waals surface area contributed by atoms with E-state index >= 15 is 0 Å². The van der Waals surface area contributed by atoms with E-state index in [0.717, 1.165) is 5.56 Å². The van der Waals surface area contributed by atoms with Crippen molar-refractivity contribution in [3.05, 3.63) is 35.9 Å². The van der Waals surface area contributed by atoms with Gasteiger partial charge in [-0.15, -0.1) is 12.3 Å². The third-order valence-corrected chi connectivity index (χ3v) is 3.54. The van der Waals surface area contributed by atoms with E-state index in [4.69, 9.17) is 16.9 Å². The summed E-state index contributed by atoms with van der Waals surface area (Å²) in [5.74, 6) is 1.95. The number of carbonyl (C=O) groups excluding carboxylic acids is 2. The molecule has 0 aromatic heterocycles. The third kappa shape index (κ3) is 8.48.